The maximum Gasteiger partial charge on any atom is 0.303 e. The van der Waals surface area contributed by atoms with Crippen molar-refractivity contribution in [1.29, 1.82) is 0 Å². The fourth-order valence-electron chi connectivity index (χ4n) is 1.26. The molecule has 0 fully saturated rings. The van der Waals surface area contributed by atoms with Crippen LogP contribution in [0.1, 0.15) is 12.8 Å². The minimum Gasteiger partial charge on any atom is -0.512 e. The molecular formula is C14H15FeO3-. The summed E-state index contributed by atoms with van der Waals surface area (Å²) >= 11 is 0. The van der Waals surface area contributed by atoms with Gasteiger partial charge in [0.2, 0.25) is 0 Å². The van der Waals surface area contributed by atoms with Crippen molar-refractivity contribution in [2.45, 2.75) is 12.8 Å². The molecule has 0 aliphatic heterocycles. The molecule has 0 heterocycles. The Morgan fingerprint density at radius 2 is 1.61 bits per heavy atom. The number of aliphatic hydroxyl groups excluding tert-OH is 1. The number of aliphatic hydroxyl groups is 1. The fraction of sp³-hybridized carbons (Fsp3) is 0.143. The topological polar surface area (TPSA) is 57.5 Å². The molecule has 0 saturated carbocycles. The monoisotopic (exact) mass is 287 g/mol. The molecule has 0 amide bonds. The average Bonchev–Trinajstić information content (AvgIpc) is 2.99. The first-order valence-electron chi connectivity index (χ1n) is 5.35. The Bertz CT molecular complexity index is 397. The number of carboxylic acid groups (broad SMARTS) is 1. The largest absolute Gasteiger partial charge is 0.512 e. The zero-order valence-corrected chi connectivity index (χ0v) is 10.9. The predicted octanol–water partition coefficient (Wildman–Crippen LogP) is 3.19. The van der Waals surface area contributed by atoms with Crippen molar-refractivity contribution in [1.82, 2.24) is 0 Å². The van der Waals surface area contributed by atoms with Crippen LogP contribution in [0.3, 0.4) is 0 Å². The number of allylic oxidation sites excluding steroid dienone is 6. The Balaban J connectivity index is 0.000000405. The van der Waals surface area contributed by atoms with E-state index in [1.165, 1.54) is 0 Å². The summed E-state index contributed by atoms with van der Waals surface area (Å²) in [6, 6.07) is 10.0. The van der Waals surface area contributed by atoms with E-state index in [0.717, 1.165) is 0 Å². The molecule has 0 radical (unpaired) electrons. The molecule has 98 valence electrons. The Morgan fingerprint density at radius 3 is 2.00 bits per heavy atom. The number of aliphatic carboxylic acids is 1. The number of hydrogen-bond donors (Lipinski definition) is 2. The molecule has 18 heavy (non-hydrogen) atoms. The van der Waals surface area contributed by atoms with Gasteiger partial charge in [0, 0.05) is 29.1 Å². The molecule has 0 bridgehead atoms. The van der Waals surface area contributed by atoms with Gasteiger partial charge in [-0.05, 0) is 0 Å². The minimum absolute atomic E-state index is 0. The third-order valence-electron chi connectivity index (χ3n) is 2.13. The summed E-state index contributed by atoms with van der Waals surface area (Å²) in [5.41, 5.74) is 0.705. The molecule has 1 aromatic carbocycles. The van der Waals surface area contributed by atoms with E-state index in [9.17, 15) is 9.90 Å². The molecule has 0 unspecified atom stereocenters. The third-order valence-corrected chi connectivity index (χ3v) is 2.13. The van der Waals surface area contributed by atoms with Gasteiger partial charge in [0.25, 0.3) is 0 Å². The van der Waals surface area contributed by atoms with Crippen molar-refractivity contribution in [3.63, 3.8) is 0 Å². The van der Waals surface area contributed by atoms with Gasteiger partial charge in [-0.2, -0.15) is 18.2 Å². The van der Waals surface area contributed by atoms with E-state index >= 15 is 0 Å². The summed E-state index contributed by atoms with van der Waals surface area (Å²) < 4.78 is 0. The molecule has 2 rings (SSSR count). The molecule has 1 aromatic rings. The summed E-state index contributed by atoms with van der Waals surface area (Å²) in [5, 5.41) is 17.6. The summed E-state index contributed by atoms with van der Waals surface area (Å²) in [5.74, 6) is -0.754. The quantitative estimate of drug-likeness (QED) is 0.510. The van der Waals surface area contributed by atoms with Crippen molar-refractivity contribution < 1.29 is 32.1 Å². The van der Waals surface area contributed by atoms with E-state index in [1.807, 2.05) is 30.3 Å². The van der Waals surface area contributed by atoms with Crippen LogP contribution in [0, 0.1) is 0 Å². The zero-order chi connectivity index (χ0) is 12.5. The van der Waals surface area contributed by atoms with Gasteiger partial charge in [-0.25, -0.2) is 12.1 Å². The summed E-state index contributed by atoms with van der Waals surface area (Å²) in [6.45, 7) is 0. The van der Waals surface area contributed by atoms with Crippen LogP contribution in [-0.4, -0.2) is 16.2 Å². The standard InChI is InChI=1S/C9H10O3.C5H5.Fe/c10-8(5-6-9(11)12)7-3-1-2-4-7;1-2-4-5-3-1;/h1-4,10H,5-6H2,(H,11,12);1-5H;/q;-1;. The SMILES string of the molecule is O=C(O)CCC(O)=C1C=CC=C1.[Fe].c1cc[cH-]c1. The van der Waals surface area contributed by atoms with Gasteiger partial charge in [-0.1, -0.05) is 24.3 Å². The van der Waals surface area contributed by atoms with E-state index < -0.39 is 5.97 Å². The molecule has 2 N–H and O–H groups in total. The Kier molecular flexibility index (Phi) is 8.54. The molecule has 0 aromatic heterocycles. The minimum atomic E-state index is -0.895. The van der Waals surface area contributed by atoms with Gasteiger partial charge >= 0.3 is 5.97 Å². The van der Waals surface area contributed by atoms with E-state index in [-0.39, 0.29) is 35.7 Å². The molecule has 1 aliphatic rings. The van der Waals surface area contributed by atoms with Gasteiger partial charge in [0.15, 0.2) is 0 Å². The first-order valence-corrected chi connectivity index (χ1v) is 5.35. The van der Waals surface area contributed by atoms with Crippen LogP contribution in [0.15, 0.2) is 66.0 Å². The van der Waals surface area contributed by atoms with E-state index in [4.69, 9.17) is 5.11 Å². The smallest absolute Gasteiger partial charge is 0.303 e. The van der Waals surface area contributed by atoms with Gasteiger partial charge in [-0.3, -0.25) is 4.79 Å². The molecule has 1 aliphatic carbocycles. The molecule has 0 saturated heterocycles. The van der Waals surface area contributed by atoms with Gasteiger partial charge in [-0.15, -0.1) is 0 Å². The van der Waals surface area contributed by atoms with Crippen LogP contribution in [0.5, 0.6) is 0 Å². The maximum atomic E-state index is 10.1. The fourth-order valence-corrected chi connectivity index (χ4v) is 1.26. The van der Waals surface area contributed by atoms with Crippen LogP contribution >= 0.6 is 0 Å². The summed E-state index contributed by atoms with van der Waals surface area (Å²) in [4.78, 5) is 10.1. The predicted molar refractivity (Wildman–Crippen MR) is 66.8 cm³/mol. The molecule has 4 heteroatoms. The van der Waals surface area contributed by atoms with Crippen molar-refractivity contribution in [2.24, 2.45) is 0 Å². The number of hydrogen-bond acceptors (Lipinski definition) is 2. The number of carbonyl (C=O) groups is 1. The van der Waals surface area contributed by atoms with E-state index in [0.29, 0.717) is 5.57 Å². The maximum absolute atomic E-state index is 10.1. The van der Waals surface area contributed by atoms with Gasteiger partial charge < -0.3 is 10.2 Å². The van der Waals surface area contributed by atoms with Crippen molar-refractivity contribution >= 4 is 5.97 Å². The number of carboxylic acids is 1. The normalized spacial score (nSPS) is 11.4. The van der Waals surface area contributed by atoms with Crippen LogP contribution in [0.2, 0.25) is 0 Å². The van der Waals surface area contributed by atoms with E-state index in [1.54, 1.807) is 24.3 Å². The van der Waals surface area contributed by atoms with Crippen LogP contribution in [-0.2, 0) is 21.9 Å². The average molecular weight is 287 g/mol. The second-order valence-corrected chi connectivity index (χ2v) is 3.48. The molecular weight excluding hydrogens is 272 g/mol. The third kappa shape index (κ3) is 6.84. The Hall–Kier alpha value is -1.64. The van der Waals surface area contributed by atoms with Gasteiger partial charge in [0.05, 0.1) is 6.42 Å². The first kappa shape index (κ1) is 16.4. The number of rotatable bonds is 3. The zero-order valence-electron chi connectivity index (χ0n) is 9.77. The second-order valence-electron chi connectivity index (χ2n) is 3.48. The second kappa shape index (κ2) is 9.40. The Labute approximate surface area is 117 Å². The van der Waals surface area contributed by atoms with Crippen LogP contribution in [0.4, 0.5) is 0 Å². The summed E-state index contributed by atoms with van der Waals surface area (Å²) in [6.07, 6.45) is 7.25. The van der Waals surface area contributed by atoms with Crippen LogP contribution in [0.25, 0.3) is 0 Å². The first-order chi connectivity index (χ1) is 8.20. The molecule has 0 atom stereocenters. The summed E-state index contributed by atoms with van der Waals surface area (Å²) in [7, 11) is 0. The van der Waals surface area contributed by atoms with E-state index in [2.05, 4.69) is 0 Å². The Morgan fingerprint density at radius 1 is 1.06 bits per heavy atom. The van der Waals surface area contributed by atoms with Crippen molar-refractivity contribution in [3.05, 3.63) is 66.0 Å². The molecule has 0 spiro atoms. The van der Waals surface area contributed by atoms with Crippen LogP contribution < -0.4 is 0 Å². The molecule has 3 nitrogen and oxygen atoms in total. The van der Waals surface area contributed by atoms with Crippen molar-refractivity contribution in [3.8, 4) is 0 Å². The van der Waals surface area contributed by atoms with Crippen molar-refractivity contribution in [2.75, 3.05) is 0 Å². The van der Waals surface area contributed by atoms with Gasteiger partial charge in [0.1, 0.15) is 5.76 Å².